The van der Waals surface area contributed by atoms with Crippen molar-refractivity contribution in [1.82, 2.24) is 4.98 Å². The van der Waals surface area contributed by atoms with Gasteiger partial charge in [0.05, 0.1) is 27.7 Å². The molecule has 19 heavy (non-hydrogen) atoms. The van der Waals surface area contributed by atoms with Crippen LogP contribution in [0.1, 0.15) is 11.4 Å². The zero-order valence-corrected chi connectivity index (χ0v) is 11.0. The van der Waals surface area contributed by atoms with Crippen molar-refractivity contribution in [3.63, 3.8) is 0 Å². The molecule has 1 heterocycles. The normalized spacial score (nSPS) is 12.3. The van der Waals surface area contributed by atoms with E-state index in [4.69, 9.17) is 10.8 Å². The lowest BCUT2D eigenvalue weighted by atomic mass is 10.2. The molecule has 1 aromatic heterocycles. The molecule has 1 atom stereocenters. The van der Waals surface area contributed by atoms with Gasteiger partial charge in [0.2, 0.25) is 5.91 Å². The molecule has 0 bridgehead atoms. The first-order valence-electron chi connectivity index (χ1n) is 5.61. The van der Waals surface area contributed by atoms with Gasteiger partial charge in [-0.1, -0.05) is 0 Å². The molecule has 0 saturated heterocycles. The van der Waals surface area contributed by atoms with Gasteiger partial charge in [-0.15, -0.1) is 11.3 Å². The number of nitrogens with zero attached hydrogens (tertiary/aromatic N) is 1. The van der Waals surface area contributed by atoms with Crippen molar-refractivity contribution in [1.29, 1.82) is 0 Å². The summed E-state index contributed by atoms with van der Waals surface area (Å²) in [5.41, 5.74) is 6.94. The van der Waals surface area contributed by atoms with Gasteiger partial charge in [0.15, 0.2) is 0 Å². The highest BCUT2D eigenvalue weighted by Gasteiger charge is 2.17. The number of benzene rings is 1. The summed E-state index contributed by atoms with van der Waals surface area (Å²) in [5.74, 6) is -1.61. The molecule has 100 valence electrons. The van der Waals surface area contributed by atoms with E-state index in [0.717, 1.165) is 15.2 Å². The van der Waals surface area contributed by atoms with E-state index in [1.54, 1.807) is 18.2 Å². The Kier molecular flexibility index (Phi) is 3.77. The maximum atomic E-state index is 11.7. The predicted octanol–water partition coefficient (Wildman–Crippen LogP) is 1.35. The summed E-state index contributed by atoms with van der Waals surface area (Å²) >= 11 is 1.52. The molecule has 0 saturated carbocycles. The van der Waals surface area contributed by atoms with Crippen LogP contribution < -0.4 is 11.1 Å². The van der Waals surface area contributed by atoms with E-state index in [2.05, 4.69) is 10.3 Å². The minimum Gasteiger partial charge on any atom is -0.481 e. The number of carbonyl (C=O) groups excluding carboxylic acids is 1. The van der Waals surface area contributed by atoms with E-state index < -0.39 is 24.3 Å². The Balaban J connectivity index is 2.12. The largest absolute Gasteiger partial charge is 0.481 e. The number of anilines is 1. The van der Waals surface area contributed by atoms with E-state index in [-0.39, 0.29) is 0 Å². The monoisotopic (exact) mass is 279 g/mol. The first kappa shape index (κ1) is 13.4. The second-order valence-corrected chi connectivity index (χ2v) is 5.34. The van der Waals surface area contributed by atoms with Crippen LogP contribution >= 0.6 is 11.3 Å². The number of carbonyl (C=O) groups is 2. The second kappa shape index (κ2) is 5.33. The molecule has 1 unspecified atom stereocenters. The van der Waals surface area contributed by atoms with Gasteiger partial charge in [-0.2, -0.15) is 0 Å². The lowest BCUT2D eigenvalue weighted by Gasteiger charge is -2.09. The van der Waals surface area contributed by atoms with Crippen molar-refractivity contribution in [2.24, 2.45) is 5.73 Å². The van der Waals surface area contributed by atoms with Gasteiger partial charge >= 0.3 is 5.97 Å². The highest BCUT2D eigenvalue weighted by Crippen LogP contribution is 2.24. The number of carboxylic acids is 1. The number of thiazole rings is 1. The van der Waals surface area contributed by atoms with Crippen molar-refractivity contribution in [2.45, 2.75) is 19.4 Å². The van der Waals surface area contributed by atoms with Crippen LogP contribution in [0, 0.1) is 6.92 Å². The highest BCUT2D eigenvalue weighted by atomic mass is 32.1. The summed E-state index contributed by atoms with van der Waals surface area (Å²) in [4.78, 5) is 26.5. The molecule has 0 aliphatic carbocycles. The molecule has 0 aliphatic heterocycles. The summed E-state index contributed by atoms with van der Waals surface area (Å²) in [6.45, 7) is 1.91. The third-order valence-electron chi connectivity index (χ3n) is 2.49. The number of hydrogen-bond acceptors (Lipinski definition) is 5. The molecule has 0 radical (unpaired) electrons. The fraction of sp³-hybridized carbons (Fsp3) is 0.250. The number of aryl methyl sites for hydroxylation is 1. The van der Waals surface area contributed by atoms with Crippen LogP contribution in [-0.2, 0) is 9.59 Å². The Morgan fingerprint density at radius 2 is 2.26 bits per heavy atom. The summed E-state index contributed by atoms with van der Waals surface area (Å²) in [5, 5.41) is 12.1. The van der Waals surface area contributed by atoms with Crippen LogP contribution in [0.2, 0.25) is 0 Å². The number of nitrogens with two attached hydrogens (primary N) is 1. The molecule has 1 amide bonds. The summed E-state index contributed by atoms with van der Waals surface area (Å²) in [6.07, 6.45) is -0.395. The number of rotatable bonds is 4. The quantitative estimate of drug-likeness (QED) is 0.783. The minimum atomic E-state index is -1.10. The number of hydrogen-bond donors (Lipinski definition) is 3. The second-order valence-electron chi connectivity index (χ2n) is 4.11. The van der Waals surface area contributed by atoms with E-state index in [9.17, 15) is 9.59 Å². The first-order chi connectivity index (χ1) is 8.95. The minimum absolute atomic E-state index is 0.395. The van der Waals surface area contributed by atoms with Crippen molar-refractivity contribution in [3.05, 3.63) is 23.2 Å². The van der Waals surface area contributed by atoms with Gasteiger partial charge in [-0.05, 0) is 25.1 Å². The van der Waals surface area contributed by atoms with Crippen molar-refractivity contribution in [3.8, 4) is 0 Å². The Bertz CT molecular complexity index is 638. The van der Waals surface area contributed by atoms with E-state index >= 15 is 0 Å². The molecule has 6 nitrogen and oxygen atoms in total. The van der Waals surface area contributed by atoms with Crippen molar-refractivity contribution >= 4 is 39.1 Å². The van der Waals surface area contributed by atoms with Crippen LogP contribution in [0.3, 0.4) is 0 Å². The third-order valence-corrected chi connectivity index (χ3v) is 3.43. The number of fused-ring (bicyclic) bond motifs is 1. The fourth-order valence-electron chi connectivity index (χ4n) is 1.63. The van der Waals surface area contributed by atoms with Gasteiger partial charge in [-0.25, -0.2) is 4.98 Å². The van der Waals surface area contributed by atoms with Crippen LogP contribution in [0.5, 0.6) is 0 Å². The molecule has 2 aromatic rings. The third kappa shape index (κ3) is 3.27. The van der Waals surface area contributed by atoms with Crippen LogP contribution in [-0.4, -0.2) is 28.0 Å². The molecule has 2 rings (SSSR count). The molecular weight excluding hydrogens is 266 g/mol. The maximum Gasteiger partial charge on any atom is 0.305 e. The molecule has 7 heteroatoms. The van der Waals surface area contributed by atoms with Crippen molar-refractivity contribution < 1.29 is 14.7 Å². The van der Waals surface area contributed by atoms with Gasteiger partial charge in [0, 0.05) is 5.69 Å². The van der Waals surface area contributed by atoms with E-state index in [0.29, 0.717) is 5.69 Å². The Morgan fingerprint density at radius 3 is 2.95 bits per heavy atom. The lowest BCUT2D eigenvalue weighted by Crippen LogP contribution is -2.37. The average Bonchev–Trinajstić information content (AvgIpc) is 2.67. The molecular formula is C12H13N3O3S. The number of aliphatic carboxylic acids is 1. The van der Waals surface area contributed by atoms with Crippen LogP contribution in [0.4, 0.5) is 5.69 Å². The SMILES string of the molecule is Cc1nc2ccc(NC(=O)C(N)CC(=O)O)cc2s1. The number of aromatic nitrogens is 1. The molecule has 1 aromatic carbocycles. The zero-order chi connectivity index (χ0) is 14.0. The number of amides is 1. The zero-order valence-electron chi connectivity index (χ0n) is 10.2. The first-order valence-corrected chi connectivity index (χ1v) is 6.43. The topological polar surface area (TPSA) is 105 Å². The fourth-order valence-corrected chi connectivity index (χ4v) is 2.50. The Labute approximate surface area is 113 Å². The van der Waals surface area contributed by atoms with Crippen molar-refractivity contribution in [2.75, 3.05) is 5.32 Å². The standard InChI is InChI=1S/C12H13N3O3S/c1-6-14-9-3-2-7(4-10(9)19-6)15-12(18)8(13)5-11(16)17/h2-4,8H,5,13H2,1H3,(H,15,18)(H,16,17). The van der Waals surface area contributed by atoms with Crippen LogP contribution in [0.25, 0.3) is 10.2 Å². The van der Waals surface area contributed by atoms with E-state index in [1.807, 2.05) is 6.92 Å². The number of nitrogens with one attached hydrogen (secondary N) is 1. The Morgan fingerprint density at radius 1 is 1.53 bits per heavy atom. The highest BCUT2D eigenvalue weighted by molar-refractivity contribution is 7.18. The predicted molar refractivity (Wildman–Crippen MR) is 73.2 cm³/mol. The summed E-state index contributed by atoms with van der Waals surface area (Å²) < 4.78 is 0.960. The van der Waals surface area contributed by atoms with Gasteiger partial charge < -0.3 is 16.2 Å². The van der Waals surface area contributed by atoms with Gasteiger partial charge in [-0.3, -0.25) is 9.59 Å². The van der Waals surface area contributed by atoms with Gasteiger partial charge in [0.25, 0.3) is 0 Å². The number of carboxylic acid groups (broad SMARTS) is 1. The lowest BCUT2D eigenvalue weighted by molar-refractivity contribution is -0.138. The van der Waals surface area contributed by atoms with E-state index in [1.165, 1.54) is 11.3 Å². The summed E-state index contributed by atoms with van der Waals surface area (Å²) in [7, 11) is 0. The summed E-state index contributed by atoms with van der Waals surface area (Å²) in [6, 6.07) is 4.26. The molecule has 0 spiro atoms. The molecule has 0 fully saturated rings. The smallest absolute Gasteiger partial charge is 0.305 e. The molecule has 0 aliphatic rings. The molecule has 4 N–H and O–H groups in total. The maximum absolute atomic E-state index is 11.7. The Hall–Kier alpha value is -1.99. The average molecular weight is 279 g/mol. The van der Waals surface area contributed by atoms with Gasteiger partial charge in [0.1, 0.15) is 0 Å². The van der Waals surface area contributed by atoms with Crippen LogP contribution in [0.15, 0.2) is 18.2 Å².